The van der Waals surface area contributed by atoms with Gasteiger partial charge in [0.25, 0.3) is 0 Å². The van der Waals surface area contributed by atoms with Gasteiger partial charge in [0.2, 0.25) is 5.28 Å². The molecule has 1 aliphatic carbocycles. The highest BCUT2D eigenvalue weighted by Crippen LogP contribution is 2.49. The number of hydrogen-bond acceptors (Lipinski definition) is 5. The first-order valence-electron chi connectivity index (χ1n) is 6.88. The summed E-state index contributed by atoms with van der Waals surface area (Å²) in [5.41, 5.74) is 0.903. The Kier molecular flexibility index (Phi) is 2.51. The fourth-order valence-corrected chi connectivity index (χ4v) is 3.14. The van der Waals surface area contributed by atoms with Gasteiger partial charge in [-0.1, -0.05) is 0 Å². The zero-order valence-corrected chi connectivity index (χ0v) is 12.1. The van der Waals surface area contributed by atoms with Gasteiger partial charge >= 0.3 is 0 Å². The largest absolute Gasteiger partial charge is 0.342 e. The second-order valence-electron chi connectivity index (χ2n) is 5.69. The monoisotopic (exact) mass is 290 g/mol. The number of rotatable bonds is 2. The molecule has 2 aromatic rings. The molecule has 2 aromatic heterocycles. The van der Waals surface area contributed by atoms with Crippen LogP contribution in [0, 0.1) is 5.92 Å². The third kappa shape index (κ3) is 1.64. The van der Waals surface area contributed by atoms with E-state index in [9.17, 15) is 0 Å². The third-order valence-electron chi connectivity index (χ3n) is 3.99. The zero-order chi connectivity index (χ0) is 13.9. The van der Waals surface area contributed by atoms with Gasteiger partial charge in [-0.05, 0) is 44.2 Å². The smallest absolute Gasteiger partial charge is 0.224 e. The predicted octanol–water partition coefficient (Wildman–Crippen LogP) is 2.39. The van der Waals surface area contributed by atoms with Crippen molar-refractivity contribution >= 4 is 17.4 Å². The zero-order valence-electron chi connectivity index (χ0n) is 11.4. The van der Waals surface area contributed by atoms with Crippen molar-refractivity contribution in [2.75, 3.05) is 4.90 Å². The SMILES string of the molecule is CC(C)N1c2nc(Cl)ncc2-n2cnnc2[C@H]1C1CC1. The van der Waals surface area contributed by atoms with E-state index in [0.29, 0.717) is 12.0 Å². The maximum Gasteiger partial charge on any atom is 0.224 e. The molecule has 7 heteroatoms. The van der Waals surface area contributed by atoms with Crippen molar-refractivity contribution in [1.29, 1.82) is 0 Å². The quantitative estimate of drug-likeness (QED) is 0.795. The van der Waals surface area contributed by atoms with Crippen molar-refractivity contribution < 1.29 is 0 Å². The van der Waals surface area contributed by atoms with Gasteiger partial charge < -0.3 is 4.90 Å². The average Bonchev–Trinajstić information content (AvgIpc) is 3.13. The first-order valence-corrected chi connectivity index (χ1v) is 7.26. The molecule has 1 fully saturated rings. The third-order valence-corrected chi connectivity index (χ3v) is 4.17. The van der Waals surface area contributed by atoms with Gasteiger partial charge in [-0.3, -0.25) is 4.57 Å². The van der Waals surface area contributed by atoms with Crippen LogP contribution in [0.3, 0.4) is 0 Å². The normalized spacial score (nSPS) is 21.0. The van der Waals surface area contributed by atoms with Crippen molar-refractivity contribution in [1.82, 2.24) is 24.7 Å². The molecule has 0 unspecified atom stereocenters. The van der Waals surface area contributed by atoms with E-state index in [0.717, 1.165) is 17.3 Å². The minimum atomic E-state index is 0.232. The fourth-order valence-electron chi connectivity index (χ4n) is 3.01. The number of nitrogens with zero attached hydrogens (tertiary/aromatic N) is 6. The van der Waals surface area contributed by atoms with Crippen molar-refractivity contribution in [3.63, 3.8) is 0 Å². The summed E-state index contributed by atoms with van der Waals surface area (Å²) in [4.78, 5) is 10.9. The lowest BCUT2D eigenvalue weighted by Gasteiger charge is -2.40. The van der Waals surface area contributed by atoms with Crippen LogP contribution in [0.25, 0.3) is 5.69 Å². The van der Waals surface area contributed by atoms with Gasteiger partial charge in [0.05, 0.1) is 12.2 Å². The van der Waals surface area contributed by atoms with E-state index >= 15 is 0 Å². The average molecular weight is 291 g/mol. The fraction of sp³-hybridized carbons (Fsp3) is 0.538. The summed E-state index contributed by atoms with van der Waals surface area (Å²) >= 11 is 6.00. The molecule has 1 atom stereocenters. The maximum absolute atomic E-state index is 6.00. The summed E-state index contributed by atoms with van der Waals surface area (Å²) in [6.45, 7) is 4.34. The maximum atomic E-state index is 6.00. The number of hydrogen-bond donors (Lipinski definition) is 0. The van der Waals surface area contributed by atoms with Gasteiger partial charge in [-0.2, -0.15) is 4.98 Å². The molecule has 3 heterocycles. The van der Waals surface area contributed by atoms with E-state index in [4.69, 9.17) is 11.6 Å². The lowest BCUT2D eigenvalue weighted by molar-refractivity contribution is 0.466. The Bertz CT molecular complexity index is 663. The molecule has 0 spiro atoms. The summed E-state index contributed by atoms with van der Waals surface area (Å²) in [6.07, 6.45) is 5.94. The second-order valence-corrected chi connectivity index (χ2v) is 6.03. The van der Waals surface area contributed by atoms with E-state index in [1.54, 1.807) is 12.5 Å². The summed E-state index contributed by atoms with van der Waals surface area (Å²) in [6, 6.07) is 0.548. The van der Waals surface area contributed by atoms with Gasteiger partial charge in [0.15, 0.2) is 11.6 Å². The standard InChI is InChI=1S/C13H15ClN6/c1-7(2)20-10(8-3-4-8)12-18-16-6-19(12)9-5-15-13(14)17-11(9)20/h5-8,10H,3-4H2,1-2H3/t10-/m1/s1. The van der Waals surface area contributed by atoms with Gasteiger partial charge in [-0.15, -0.1) is 10.2 Å². The molecular weight excluding hydrogens is 276 g/mol. The van der Waals surface area contributed by atoms with E-state index in [2.05, 4.69) is 38.9 Å². The summed E-state index contributed by atoms with van der Waals surface area (Å²) < 4.78 is 1.99. The molecule has 0 bridgehead atoms. The lowest BCUT2D eigenvalue weighted by atomic mass is 10.0. The number of halogens is 1. The van der Waals surface area contributed by atoms with E-state index < -0.39 is 0 Å². The minimum Gasteiger partial charge on any atom is -0.342 e. The van der Waals surface area contributed by atoms with Crippen molar-refractivity contribution in [2.24, 2.45) is 5.92 Å². The van der Waals surface area contributed by atoms with Crippen LogP contribution < -0.4 is 4.90 Å². The van der Waals surface area contributed by atoms with Crippen molar-refractivity contribution in [3.05, 3.63) is 23.6 Å². The Hall–Kier alpha value is -1.69. The Morgan fingerprint density at radius 3 is 2.85 bits per heavy atom. The summed E-state index contributed by atoms with van der Waals surface area (Å²) in [7, 11) is 0. The Morgan fingerprint density at radius 1 is 1.35 bits per heavy atom. The highest BCUT2D eigenvalue weighted by molar-refractivity contribution is 6.28. The van der Waals surface area contributed by atoms with Gasteiger partial charge in [0, 0.05) is 6.04 Å². The minimum absolute atomic E-state index is 0.232. The molecule has 2 aliphatic rings. The van der Waals surface area contributed by atoms with Crippen molar-refractivity contribution in [2.45, 2.75) is 38.8 Å². The van der Waals surface area contributed by atoms with Crippen LogP contribution in [0.4, 0.5) is 5.82 Å². The molecule has 4 rings (SSSR count). The molecule has 1 saturated carbocycles. The molecule has 0 amide bonds. The highest BCUT2D eigenvalue weighted by atomic mass is 35.5. The van der Waals surface area contributed by atoms with Crippen LogP contribution in [0.1, 0.15) is 38.6 Å². The predicted molar refractivity (Wildman–Crippen MR) is 75.0 cm³/mol. The number of anilines is 1. The molecule has 6 nitrogen and oxygen atoms in total. The number of aromatic nitrogens is 5. The highest BCUT2D eigenvalue weighted by Gasteiger charge is 2.44. The van der Waals surface area contributed by atoms with E-state index in [-0.39, 0.29) is 11.3 Å². The Balaban J connectivity index is 1.97. The topological polar surface area (TPSA) is 59.7 Å². The first kappa shape index (κ1) is 12.1. The van der Waals surface area contributed by atoms with Crippen molar-refractivity contribution in [3.8, 4) is 5.69 Å². The lowest BCUT2D eigenvalue weighted by Crippen LogP contribution is -2.41. The summed E-state index contributed by atoms with van der Waals surface area (Å²) in [5, 5.41) is 8.69. The number of fused-ring (bicyclic) bond motifs is 3. The van der Waals surface area contributed by atoms with Crippen LogP contribution in [0.5, 0.6) is 0 Å². The molecule has 104 valence electrons. The second kappa shape index (κ2) is 4.15. The van der Waals surface area contributed by atoms with Crippen LogP contribution in [-0.2, 0) is 0 Å². The van der Waals surface area contributed by atoms with Crippen LogP contribution in [-0.4, -0.2) is 30.8 Å². The molecule has 0 N–H and O–H groups in total. The molecule has 20 heavy (non-hydrogen) atoms. The molecule has 1 aliphatic heterocycles. The van der Waals surface area contributed by atoms with E-state index in [1.165, 1.54) is 12.8 Å². The van der Waals surface area contributed by atoms with Crippen LogP contribution in [0.15, 0.2) is 12.5 Å². The molecule has 0 aromatic carbocycles. The Morgan fingerprint density at radius 2 is 2.15 bits per heavy atom. The van der Waals surface area contributed by atoms with E-state index in [1.807, 2.05) is 4.57 Å². The van der Waals surface area contributed by atoms with Crippen LogP contribution >= 0.6 is 11.6 Å². The van der Waals surface area contributed by atoms with Gasteiger partial charge in [-0.25, -0.2) is 4.98 Å². The molecule has 0 radical (unpaired) electrons. The molecule has 0 saturated heterocycles. The van der Waals surface area contributed by atoms with Crippen LogP contribution in [0.2, 0.25) is 5.28 Å². The van der Waals surface area contributed by atoms with Gasteiger partial charge in [0.1, 0.15) is 12.0 Å². The first-order chi connectivity index (χ1) is 9.66. The molecular formula is C13H15ClN6. The Labute approximate surface area is 121 Å². The summed E-state index contributed by atoms with van der Waals surface area (Å²) in [5.74, 6) is 2.49.